The quantitative estimate of drug-likeness (QED) is 0.529. The molecule has 0 aliphatic carbocycles. The molecule has 2 unspecified atom stereocenters. The zero-order valence-electron chi connectivity index (χ0n) is 20.1. The van der Waals surface area contributed by atoms with Crippen LogP contribution in [0.3, 0.4) is 0 Å². The maximum atomic E-state index is 13.4. The van der Waals surface area contributed by atoms with Gasteiger partial charge in [0, 0.05) is 24.7 Å². The first-order chi connectivity index (χ1) is 15.5. The van der Waals surface area contributed by atoms with Gasteiger partial charge in [-0.05, 0) is 75.9 Å². The minimum atomic E-state index is -0.384. The summed E-state index contributed by atoms with van der Waals surface area (Å²) in [5, 5.41) is 3.17. The molecule has 0 bridgehead atoms. The number of piperidine rings is 1. The van der Waals surface area contributed by atoms with Gasteiger partial charge in [-0.25, -0.2) is 0 Å². The number of carbonyl (C=O) groups excluding carboxylic acids is 2. The summed E-state index contributed by atoms with van der Waals surface area (Å²) < 4.78 is 10.9. The maximum absolute atomic E-state index is 13.4. The van der Waals surface area contributed by atoms with Crippen LogP contribution in [0.4, 0.5) is 0 Å². The SMILES string of the molecule is CCCN(CCC)CCCNC(=O)C1c2cc(OC)c(OC)cc2C(=O)N2CCCCC12. The normalized spacial score (nSPS) is 20.0. The summed E-state index contributed by atoms with van der Waals surface area (Å²) >= 11 is 0. The van der Waals surface area contributed by atoms with Crippen LogP contribution in [0.25, 0.3) is 0 Å². The van der Waals surface area contributed by atoms with Crippen molar-refractivity contribution in [2.24, 2.45) is 0 Å². The van der Waals surface area contributed by atoms with Gasteiger partial charge >= 0.3 is 0 Å². The third kappa shape index (κ3) is 5.20. The number of amides is 2. The van der Waals surface area contributed by atoms with Gasteiger partial charge in [0.1, 0.15) is 0 Å². The Morgan fingerprint density at radius 1 is 1.09 bits per heavy atom. The fourth-order valence-electron chi connectivity index (χ4n) is 5.16. The number of carbonyl (C=O) groups is 2. The van der Waals surface area contributed by atoms with Crippen LogP contribution in [0.2, 0.25) is 0 Å². The second-order valence-electron chi connectivity index (χ2n) is 8.82. The van der Waals surface area contributed by atoms with Crippen LogP contribution >= 0.6 is 0 Å². The number of hydrogen-bond acceptors (Lipinski definition) is 5. The van der Waals surface area contributed by atoms with E-state index in [2.05, 4.69) is 24.1 Å². The van der Waals surface area contributed by atoms with E-state index in [0.717, 1.165) is 63.7 Å². The van der Waals surface area contributed by atoms with E-state index in [1.165, 1.54) is 0 Å². The average Bonchev–Trinajstić information content (AvgIpc) is 2.81. The van der Waals surface area contributed by atoms with E-state index >= 15 is 0 Å². The molecule has 1 fully saturated rings. The smallest absolute Gasteiger partial charge is 0.254 e. The van der Waals surface area contributed by atoms with Gasteiger partial charge in [-0.1, -0.05) is 13.8 Å². The predicted octanol–water partition coefficient (Wildman–Crippen LogP) is 3.42. The zero-order valence-corrected chi connectivity index (χ0v) is 20.1. The van der Waals surface area contributed by atoms with Gasteiger partial charge in [0.05, 0.1) is 20.1 Å². The highest BCUT2D eigenvalue weighted by atomic mass is 16.5. The first-order valence-corrected chi connectivity index (χ1v) is 12.1. The van der Waals surface area contributed by atoms with Crippen LogP contribution < -0.4 is 14.8 Å². The second-order valence-corrected chi connectivity index (χ2v) is 8.82. The molecule has 1 aromatic carbocycles. The van der Waals surface area contributed by atoms with Gasteiger partial charge < -0.3 is 24.6 Å². The topological polar surface area (TPSA) is 71.1 Å². The molecule has 0 spiro atoms. The summed E-state index contributed by atoms with van der Waals surface area (Å²) in [7, 11) is 3.14. The van der Waals surface area contributed by atoms with Gasteiger partial charge in [0.15, 0.2) is 11.5 Å². The van der Waals surface area contributed by atoms with Crippen molar-refractivity contribution in [2.75, 3.05) is 46.9 Å². The van der Waals surface area contributed by atoms with Crippen LogP contribution in [-0.4, -0.2) is 74.6 Å². The second kappa shape index (κ2) is 11.5. The standard InChI is InChI=1S/C25H39N3O4/c1-5-12-27(13-6-2)14-9-11-26-24(29)23-18-16-21(31-3)22(32-4)17-19(18)25(30)28-15-8-7-10-20(23)28/h16-17,20,23H,5-15H2,1-4H3,(H,26,29). The van der Waals surface area contributed by atoms with Gasteiger partial charge in [0.2, 0.25) is 5.91 Å². The Bertz CT molecular complexity index is 792. The molecular formula is C25H39N3O4. The van der Waals surface area contributed by atoms with E-state index in [-0.39, 0.29) is 23.8 Å². The van der Waals surface area contributed by atoms with Crippen molar-refractivity contribution in [3.63, 3.8) is 0 Å². The molecule has 0 saturated carbocycles. The molecule has 178 valence electrons. The van der Waals surface area contributed by atoms with Gasteiger partial charge in [-0.3, -0.25) is 9.59 Å². The summed E-state index contributed by atoms with van der Waals surface area (Å²) in [6, 6.07) is 3.46. The summed E-state index contributed by atoms with van der Waals surface area (Å²) in [5.41, 5.74) is 1.31. The van der Waals surface area contributed by atoms with Crippen molar-refractivity contribution in [1.29, 1.82) is 0 Å². The molecule has 1 aromatic rings. The van der Waals surface area contributed by atoms with Crippen LogP contribution in [0.5, 0.6) is 11.5 Å². The van der Waals surface area contributed by atoms with E-state index in [1.807, 2.05) is 11.0 Å². The van der Waals surface area contributed by atoms with Crippen LogP contribution in [0, 0.1) is 0 Å². The van der Waals surface area contributed by atoms with Crippen molar-refractivity contribution in [1.82, 2.24) is 15.1 Å². The minimum Gasteiger partial charge on any atom is -0.493 e. The average molecular weight is 446 g/mol. The van der Waals surface area contributed by atoms with Gasteiger partial charge in [-0.2, -0.15) is 0 Å². The molecule has 0 aromatic heterocycles. The number of benzene rings is 1. The molecule has 2 aliphatic heterocycles. The lowest BCUT2D eigenvalue weighted by Crippen LogP contribution is -2.54. The van der Waals surface area contributed by atoms with E-state index in [1.54, 1.807) is 20.3 Å². The highest BCUT2D eigenvalue weighted by Gasteiger charge is 2.44. The summed E-state index contributed by atoms with van der Waals surface area (Å²) in [6.45, 7) is 8.92. The highest BCUT2D eigenvalue weighted by molar-refractivity contribution is 6.02. The lowest BCUT2D eigenvalue weighted by molar-refractivity contribution is -0.124. The number of hydrogen-bond donors (Lipinski definition) is 1. The predicted molar refractivity (Wildman–Crippen MR) is 126 cm³/mol. The molecule has 32 heavy (non-hydrogen) atoms. The van der Waals surface area contributed by atoms with Crippen molar-refractivity contribution in [3.8, 4) is 11.5 Å². The van der Waals surface area contributed by atoms with E-state index < -0.39 is 0 Å². The largest absolute Gasteiger partial charge is 0.493 e. The summed E-state index contributed by atoms with van der Waals surface area (Å²) in [4.78, 5) is 31.0. The molecule has 1 N–H and O–H groups in total. The molecule has 2 heterocycles. The third-order valence-corrected chi connectivity index (χ3v) is 6.63. The van der Waals surface area contributed by atoms with Crippen molar-refractivity contribution >= 4 is 11.8 Å². The summed E-state index contributed by atoms with van der Waals surface area (Å²) in [5.74, 6) is 0.673. The first-order valence-electron chi connectivity index (χ1n) is 12.1. The number of fused-ring (bicyclic) bond motifs is 2. The van der Waals surface area contributed by atoms with Crippen LogP contribution in [0.1, 0.15) is 74.2 Å². The maximum Gasteiger partial charge on any atom is 0.254 e. The van der Waals surface area contributed by atoms with Gasteiger partial charge in [-0.15, -0.1) is 0 Å². The number of ether oxygens (including phenoxy) is 2. The Morgan fingerprint density at radius 2 is 1.78 bits per heavy atom. The van der Waals surface area contributed by atoms with Crippen molar-refractivity contribution < 1.29 is 19.1 Å². The monoisotopic (exact) mass is 445 g/mol. The molecule has 3 rings (SSSR count). The van der Waals surface area contributed by atoms with Crippen LogP contribution in [-0.2, 0) is 4.79 Å². The number of nitrogens with zero attached hydrogens (tertiary/aromatic N) is 2. The third-order valence-electron chi connectivity index (χ3n) is 6.63. The Balaban J connectivity index is 1.78. The minimum absolute atomic E-state index is 0.000373. The Morgan fingerprint density at radius 3 is 2.44 bits per heavy atom. The van der Waals surface area contributed by atoms with Gasteiger partial charge in [0.25, 0.3) is 5.91 Å². The highest BCUT2D eigenvalue weighted by Crippen LogP contribution is 2.42. The molecule has 0 radical (unpaired) electrons. The Labute approximate surface area is 192 Å². The van der Waals surface area contributed by atoms with E-state index in [0.29, 0.717) is 30.2 Å². The molecule has 7 heteroatoms. The number of rotatable bonds is 11. The number of nitrogens with one attached hydrogen (secondary N) is 1. The van der Waals surface area contributed by atoms with Crippen molar-refractivity contribution in [3.05, 3.63) is 23.3 Å². The molecule has 2 atom stereocenters. The molecule has 1 saturated heterocycles. The summed E-state index contributed by atoms with van der Waals surface area (Å²) in [6.07, 6.45) is 6.06. The fourth-order valence-corrected chi connectivity index (χ4v) is 5.16. The molecule has 7 nitrogen and oxygen atoms in total. The first kappa shape index (κ1) is 24.4. The van der Waals surface area contributed by atoms with Crippen LogP contribution in [0.15, 0.2) is 12.1 Å². The Hall–Kier alpha value is -2.28. The van der Waals surface area contributed by atoms with E-state index in [9.17, 15) is 9.59 Å². The van der Waals surface area contributed by atoms with Crippen molar-refractivity contribution in [2.45, 2.75) is 64.3 Å². The molecular weight excluding hydrogens is 406 g/mol. The fraction of sp³-hybridized carbons (Fsp3) is 0.680. The lowest BCUT2D eigenvalue weighted by atomic mass is 9.78. The number of methoxy groups -OCH3 is 2. The lowest BCUT2D eigenvalue weighted by Gasteiger charge is -2.44. The molecule has 2 aliphatic rings. The Kier molecular flexibility index (Phi) is 8.79. The zero-order chi connectivity index (χ0) is 23.1. The molecule has 2 amide bonds. The van der Waals surface area contributed by atoms with E-state index in [4.69, 9.17) is 9.47 Å².